The van der Waals surface area contributed by atoms with Gasteiger partial charge in [0.15, 0.2) is 0 Å². The van der Waals surface area contributed by atoms with Gasteiger partial charge in [0.05, 0.1) is 18.1 Å². The molecular formula is C26H43ClO3. The predicted molar refractivity (Wildman–Crippen MR) is 127 cm³/mol. The van der Waals surface area contributed by atoms with E-state index in [0.29, 0.717) is 17.4 Å². The summed E-state index contributed by atoms with van der Waals surface area (Å²) < 4.78 is 6.33. The number of ether oxygens (including phenoxy) is 1. The van der Waals surface area contributed by atoms with Crippen LogP contribution >= 0.6 is 11.6 Å². The van der Waals surface area contributed by atoms with Gasteiger partial charge in [-0.25, -0.2) is 0 Å². The van der Waals surface area contributed by atoms with E-state index < -0.39 is 11.9 Å². The van der Waals surface area contributed by atoms with Gasteiger partial charge < -0.3 is 9.84 Å². The zero-order valence-corrected chi connectivity index (χ0v) is 20.7. The molecule has 0 saturated heterocycles. The van der Waals surface area contributed by atoms with Crippen molar-refractivity contribution in [3.8, 4) is 0 Å². The van der Waals surface area contributed by atoms with Crippen LogP contribution < -0.4 is 0 Å². The van der Waals surface area contributed by atoms with E-state index in [-0.39, 0.29) is 17.6 Å². The van der Waals surface area contributed by atoms with Crippen LogP contribution in [0.2, 0.25) is 5.02 Å². The van der Waals surface area contributed by atoms with Crippen LogP contribution in [0, 0.1) is 17.3 Å². The minimum Gasteiger partial charge on any atom is -0.481 e. The average Bonchev–Trinajstić information content (AvgIpc) is 2.63. The minimum atomic E-state index is -0.825. The minimum absolute atomic E-state index is 0.0958. The number of halogens is 1. The van der Waals surface area contributed by atoms with Crippen molar-refractivity contribution in [2.24, 2.45) is 17.3 Å². The van der Waals surface area contributed by atoms with Gasteiger partial charge in [-0.15, -0.1) is 0 Å². The number of hydrogen-bond donors (Lipinski definition) is 1. The molecule has 0 aliphatic rings. The molecule has 1 aromatic rings. The van der Waals surface area contributed by atoms with E-state index in [0.717, 1.165) is 12.0 Å². The third kappa shape index (κ3) is 9.83. The molecule has 0 bridgehead atoms. The Bertz CT molecular complexity index is 633. The largest absolute Gasteiger partial charge is 0.481 e. The van der Waals surface area contributed by atoms with Crippen molar-refractivity contribution in [1.82, 2.24) is 0 Å². The summed E-state index contributed by atoms with van der Waals surface area (Å²) in [7, 11) is 0. The number of aliphatic carboxylic acids is 1. The molecule has 0 fully saturated rings. The third-order valence-electron chi connectivity index (χ3n) is 6.11. The van der Waals surface area contributed by atoms with Gasteiger partial charge in [-0.1, -0.05) is 90.0 Å². The molecule has 0 saturated carbocycles. The Morgan fingerprint density at radius 1 is 1.07 bits per heavy atom. The summed E-state index contributed by atoms with van der Waals surface area (Å²) in [6.45, 7) is 13.5. The maximum Gasteiger partial charge on any atom is 0.309 e. The lowest BCUT2D eigenvalue weighted by atomic mass is 9.69. The molecule has 1 rings (SSSR count). The highest BCUT2D eigenvalue weighted by molar-refractivity contribution is 6.30. The first-order chi connectivity index (χ1) is 14.0. The Hall–Kier alpha value is -1.06. The van der Waals surface area contributed by atoms with Crippen LogP contribution in [0.3, 0.4) is 0 Å². The van der Waals surface area contributed by atoms with Gasteiger partial charge in [0.25, 0.3) is 0 Å². The van der Waals surface area contributed by atoms with Crippen LogP contribution in [0.4, 0.5) is 0 Å². The van der Waals surface area contributed by atoms with E-state index >= 15 is 0 Å². The first-order valence-electron chi connectivity index (χ1n) is 11.6. The molecule has 4 heteroatoms. The number of carbonyl (C=O) groups is 1. The van der Waals surface area contributed by atoms with Gasteiger partial charge in [-0.05, 0) is 55.7 Å². The second-order valence-corrected chi connectivity index (χ2v) is 10.7. The van der Waals surface area contributed by atoms with Crippen molar-refractivity contribution in [2.75, 3.05) is 6.61 Å². The van der Waals surface area contributed by atoms with Gasteiger partial charge in [-0.2, -0.15) is 0 Å². The molecule has 0 amide bonds. The van der Waals surface area contributed by atoms with Crippen LogP contribution in [0.25, 0.3) is 0 Å². The van der Waals surface area contributed by atoms with Crippen molar-refractivity contribution in [3.63, 3.8) is 0 Å². The number of benzene rings is 1. The molecule has 2 unspecified atom stereocenters. The van der Waals surface area contributed by atoms with E-state index in [2.05, 4.69) is 41.5 Å². The number of carboxylic acid groups (broad SMARTS) is 1. The van der Waals surface area contributed by atoms with E-state index in [4.69, 9.17) is 16.3 Å². The molecule has 3 nitrogen and oxygen atoms in total. The molecule has 30 heavy (non-hydrogen) atoms. The van der Waals surface area contributed by atoms with Gasteiger partial charge in [0.2, 0.25) is 0 Å². The van der Waals surface area contributed by atoms with Crippen molar-refractivity contribution in [3.05, 3.63) is 34.9 Å². The van der Waals surface area contributed by atoms with Crippen LogP contribution in [-0.4, -0.2) is 23.3 Å². The average molecular weight is 439 g/mol. The molecular weight excluding hydrogens is 396 g/mol. The number of hydrogen-bond acceptors (Lipinski definition) is 2. The van der Waals surface area contributed by atoms with Crippen molar-refractivity contribution < 1.29 is 14.6 Å². The van der Waals surface area contributed by atoms with Crippen molar-refractivity contribution in [2.45, 2.75) is 98.5 Å². The lowest BCUT2D eigenvalue weighted by Crippen LogP contribution is -2.43. The van der Waals surface area contributed by atoms with Crippen LogP contribution in [0.1, 0.15) is 92.1 Å². The van der Waals surface area contributed by atoms with Crippen LogP contribution in [0.5, 0.6) is 0 Å². The van der Waals surface area contributed by atoms with Crippen molar-refractivity contribution >= 4 is 17.6 Å². The fraction of sp³-hybridized carbons (Fsp3) is 0.731. The second kappa shape index (κ2) is 12.7. The zero-order valence-electron chi connectivity index (χ0n) is 20.0. The zero-order chi connectivity index (χ0) is 22.8. The SMILES string of the molecule is CCCCCCCCC(C(C)(C)C)C(C)(C)OCC(Cc1cccc(Cl)c1)C(=O)O. The first-order valence-corrected chi connectivity index (χ1v) is 12.0. The molecule has 0 aliphatic carbocycles. The molecule has 1 aromatic carbocycles. The molecule has 0 radical (unpaired) electrons. The van der Waals surface area contributed by atoms with Gasteiger partial charge in [-0.3, -0.25) is 4.79 Å². The molecule has 0 spiro atoms. The Balaban J connectivity index is 2.72. The third-order valence-corrected chi connectivity index (χ3v) is 6.34. The van der Waals surface area contributed by atoms with Crippen LogP contribution in [-0.2, 0) is 16.0 Å². The molecule has 172 valence electrons. The number of unbranched alkanes of at least 4 members (excludes halogenated alkanes) is 5. The Kier molecular flexibility index (Phi) is 11.4. The topological polar surface area (TPSA) is 46.5 Å². The fourth-order valence-electron chi connectivity index (χ4n) is 4.53. The summed E-state index contributed by atoms with van der Waals surface area (Å²) in [6, 6.07) is 7.41. The van der Waals surface area contributed by atoms with Gasteiger partial charge >= 0.3 is 5.97 Å². The normalized spacial score (nSPS) is 14.5. The van der Waals surface area contributed by atoms with Crippen molar-refractivity contribution in [1.29, 1.82) is 0 Å². The van der Waals surface area contributed by atoms with E-state index in [1.54, 1.807) is 6.07 Å². The monoisotopic (exact) mass is 438 g/mol. The summed E-state index contributed by atoms with van der Waals surface area (Å²) in [5.41, 5.74) is 0.637. The van der Waals surface area contributed by atoms with E-state index in [1.807, 2.05) is 18.2 Å². The lowest BCUT2D eigenvalue weighted by molar-refractivity contribution is -0.150. The lowest BCUT2D eigenvalue weighted by Gasteiger charge is -2.43. The Morgan fingerprint density at radius 3 is 2.27 bits per heavy atom. The number of rotatable bonds is 14. The van der Waals surface area contributed by atoms with E-state index in [1.165, 1.54) is 38.5 Å². The maximum absolute atomic E-state index is 11.9. The smallest absolute Gasteiger partial charge is 0.309 e. The summed E-state index contributed by atoms with van der Waals surface area (Å²) in [5, 5.41) is 10.4. The summed E-state index contributed by atoms with van der Waals surface area (Å²) in [4.78, 5) is 11.9. The highest BCUT2D eigenvalue weighted by atomic mass is 35.5. The maximum atomic E-state index is 11.9. The predicted octanol–water partition coefficient (Wildman–Crippen LogP) is 7.79. The molecule has 0 aliphatic heterocycles. The van der Waals surface area contributed by atoms with Gasteiger partial charge in [0.1, 0.15) is 0 Å². The Morgan fingerprint density at radius 2 is 1.70 bits per heavy atom. The standard InChI is InChI=1S/C26H43ClO3/c1-7-8-9-10-11-12-16-23(25(2,3)4)26(5,6)30-19-21(24(28)29)17-20-14-13-15-22(27)18-20/h13-15,18,21,23H,7-12,16-17,19H2,1-6H3,(H,28,29). The molecule has 1 N–H and O–H groups in total. The fourth-order valence-corrected chi connectivity index (χ4v) is 4.75. The highest BCUT2D eigenvalue weighted by Gasteiger charge is 2.39. The Labute approximate surface area is 189 Å². The second-order valence-electron chi connectivity index (χ2n) is 10.3. The van der Waals surface area contributed by atoms with Gasteiger partial charge in [0, 0.05) is 5.02 Å². The molecule has 0 aromatic heterocycles. The number of carboxylic acids is 1. The molecule has 0 heterocycles. The molecule has 2 atom stereocenters. The highest BCUT2D eigenvalue weighted by Crippen LogP contribution is 2.40. The van der Waals surface area contributed by atoms with Crippen LogP contribution in [0.15, 0.2) is 24.3 Å². The summed E-state index contributed by atoms with van der Waals surface area (Å²) >= 11 is 6.06. The quantitative estimate of drug-likeness (QED) is 0.301. The first kappa shape index (κ1) is 27.0. The summed E-state index contributed by atoms with van der Waals surface area (Å²) in [6.07, 6.45) is 9.19. The van der Waals surface area contributed by atoms with E-state index in [9.17, 15) is 9.90 Å². The summed E-state index contributed by atoms with van der Waals surface area (Å²) in [5.74, 6) is -1.05.